The second-order valence-corrected chi connectivity index (χ2v) is 7.24. The number of anilines is 2. The maximum atomic E-state index is 13.2. The van der Waals surface area contributed by atoms with Crippen LogP contribution in [0.1, 0.15) is 29.9 Å². The van der Waals surface area contributed by atoms with Crippen LogP contribution in [0.15, 0.2) is 34.8 Å². The van der Waals surface area contributed by atoms with E-state index in [-0.39, 0.29) is 17.9 Å². The third-order valence-electron chi connectivity index (χ3n) is 4.05. The molecule has 1 aromatic carbocycles. The zero-order chi connectivity index (χ0) is 20.5. The van der Waals surface area contributed by atoms with Crippen molar-refractivity contribution in [1.29, 1.82) is 0 Å². The van der Waals surface area contributed by atoms with Gasteiger partial charge in [-0.05, 0) is 37.6 Å². The average molecular weight is 461 g/mol. The van der Waals surface area contributed by atoms with Crippen LogP contribution in [-0.4, -0.2) is 40.5 Å². The van der Waals surface area contributed by atoms with Crippen LogP contribution in [0.2, 0.25) is 0 Å². The predicted molar refractivity (Wildman–Crippen MR) is 98.1 cm³/mol. The molecule has 0 fully saturated rings. The van der Waals surface area contributed by atoms with E-state index in [1.165, 1.54) is 6.07 Å². The van der Waals surface area contributed by atoms with Crippen LogP contribution >= 0.6 is 15.9 Å². The molecule has 7 nitrogen and oxygen atoms in total. The van der Waals surface area contributed by atoms with E-state index in [4.69, 9.17) is 4.74 Å². The summed E-state index contributed by atoms with van der Waals surface area (Å²) in [4.78, 5) is 24.0. The highest BCUT2D eigenvalue weighted by molar-refractivity contribution is 9.10. The Bertz CT molecular complexity index is 883. The number of carbonyl (C=O) groups excluding carboxylic acids is 2. The first kappa shape index (κ1) is 20.2. The number of hydrogen-bond donors (Lipinski definition) is 2. The van der Waals surface area contributed by atoms with Gasteiger partial charge in [0.25, 0.3) is 5.91 Å². The van der Waals surface area contributed by atoms with Crippen molar-refractivity contribution < 1.29 is 27.5 Å². The molecule has 3 rings (SSSR count). The van der Waals surface area contributed by atoms with Crippen molar-refractivity contribution in [3.63, 3.8) is 0 Å². The third-order valence-corrected chi connectivity index (χ3v) is 4.58. The highest BCUT2D eigenvalue weighted by Crippen LogP contribution is 2.39. The van der Waals surface area contributed by atoms with E-state index in [1.54, 1.807) is 31.2 Å². The van der Waals surface area contributed by atoms with Gasteiger partial charge in [0, 0.05) is 22.3 Å². The third kappa shape index (κ3) is 4.64. The zero-order valence-corrected chi connectivity index (χ0v) is 16.2. The highest BCUT2D eigenvalue weighted by atomic mass is 79.9. The molecule has 2 atom stereocenters. The van der Waals surface area contributed by atoms with E-state index >= 15 is 0 Å². The Balaban J connectivity index is 1.64. The van der Waals surface area contributed by atoms with E-state index in [0.717, 1.165) is 9.15 Å². The molecule has 2 aromatic rings. The lowest BCUT2D eigenvalue weighted by molar-refractivity contribution is -0.173. The van der Waals surface area contributed by atoms with E-state index in [0.29, 0.717) is 5.69 Å². The number of nitrogens with zero attached hydrogens (tertiary/aromatic N) is 2. The number of fused-ring (bicyclic) bond motifs is 1. The van der Waals surface area contributed by atoms with Crippen molar-refractivity contribution in [2.75, 3.05) is 17.2 Å². The molecule has 2 N–H and O–H groups in total. The molecular formula is C17H16BrF3N4O3. The fourth-order valence-corrected chi connectivity index (χ4v) is 3.06. The average Bonchev–Trinajstić information content (AvgIpc) is 3.04. The van der Waals surface area contributed by atoms with E-state index in [1.807, 2.05) is 0 Å². The quantitative estimate of drug-likeness (QED) is 0.678. The molecule has 1 aliphatic heterocycles. The van der Waals surface area contributed by atoms with Gasteiger partial charge in [-0.25, -0.2) is 9.48 Å². The highest BCUT2D eigenvalue weighted by Gasteiger charge is 2.45. The van der Waals surface area contributed by atoms with Crippen LogP contribution in [0.25, 0.3) is 0 Å². The zero-order valence-electron chi connectivity index (χ0n) is 14.6. The van der Waals surface area contributed by atoms with Crippen molar-refractivity contribution in [3.8, 4) is 0 Å². The summed E-state index contributed by atoms with van der Waals surface area (Å²) in [6, 6.07) is 5.67. The van der Waals surface area contributed by atoms with Gasteiger partial charge in [-0.2, -0.15) is 18.3 Å². The molecule has 1 aromatic heterocycles. The second-order valence-electron chi connectivity index (χ2n) is 6.33. The van der Waals surface area contributed by atoms with Crippen molar-refractivity contribution >= 4 is 39.3 Å². The molecule has 0 spiro atoms. The molecule has 2 heterocycles. The largest absolute Gasteiger partial charge is 0.451 e. The van der Waals surface area contributed by atoms with E-state index < -0.39 is 36.7 Å². The number of hydrogen-bond acceptors (Lipinski definition) is 5. The molecule has 0 radical (unpaired) electrons. The Kier molecular flexibility index (Phi) is 5.64. The minimum absolute atomic E-state index is 0.0762. The van der Waals surface area contributed by atoms with Gasteiger partial charge in [0.05, 0.1) is 0 Å². The summed E-state index contributed by atoms with van der Waals surface area (Å²) in [7, 11) is 0. The molecule has 2 unspecified atom stereocenters. The summed E-state index contributed by atoms with van der Waals surface area (Å²) < 4.78 is 46.1. The number of benzene rings is 1. The van der Waals surface area contributed by atoms with Gasteiger partial charge in [-0.15, -0.1) is 0 Å². The van der Waals surface area contributed by atoms with Crippen LogP contribution in [-0.2, 0) is 9.53 Å². The van der Waals surface area contributed by atoms with Crippen molar-refractivity contribution in [3.05, 3.63) is 40.5 Å². The Morgan fingerprint density at radius 1 is 1.36 bits per heavy atom. The molecule has 1 amide bonds. The normalized spacial score (nSPS) is 18.8. The van der Waals surface area contributed by atoms with Crippen molar-refractivity contribution in [2.24, 2.45) is 0 Å². The molecule has 11 heteroatoms. The summed E-state index contributed by atoms with van der Waals surface area (Å²) in [5, 5.41) is 9.11. The summed E-state index contributed by atoms with van der Waals surface area (Å²) in [6.45, 7) is 1.02. The number of ether oxygens (including phenoxy) is 1. The Morgan fingerprint density at radius 3 is 2.68 bits per heavy atom. The SMILES string of the molecule is CC1CC(C(F)(F)F)n2nc(C(=O)OCC(=O)Nc3ccc(Br)cc3)cc2N1. The van der Waals surface area contributed by atoms with Gasteiger partial charge in [-0.3, -0.25) is 4.79 Å². The number of carbonyl (C=O) groups is 2. The van der Waals surface area contributed by atoms with Crippen LogP contribution < -0.4 is 10.6 Å². The minimum Gasteiger partial charge on any atom is -0.451 e. The lowest BCUT2D eigenvalue weighted by atomic mass is 10.1. The smallest absolute Gasteiger partial charge is 0.410 e. The summed E-state index contributed by atoms with van der Waals surface area (Å²) in [5.41, 5.74) is 0.204. The molecule has 0 aliphatic carbocycles. The van der Waals surface area contributed by atoms with Gasteiger partial charge >= 0.3 is 12.1 Å². The maximum absolute atomic E-state index is 13.2. The standard InChI is InChI=1S/C17H16BrF3N4O3/c1-9-6-13(17(19,20)21)25-14(22-9)7-12(24-25)16(27)28-8-15(26)23-11-4-2-10(18)3-5-11/h2-5,7,9,13,22H,6,8H2,1H3,(H,23,26). The van der Waals surface area contributed by atoms with Gasteiger partial charge in [0.2, 0.25) is 0 Å². The first-order valence-corrected chi connectivity index (χ1v) is 9.08. The van der Waals surface area contributed by atoms with Gasteiger partial charge in [0.1, 0.15) is 5.82 Å². The van der Waals surface area contributed by atoms with Crippen molar-refractivity contribution in [2.45, 2.75) is 31.6 Å². The number of halogens is 4. The number of aromatic nitrogens is 2. The van der Waals surface area contributed by atoms with Gasteiger partial charge in [-0.1, -0.05) is 15.9 Å². The topological polar surface area (TPSA) is 85.2 Å². The van der Waals surface area contributed by atoms with Crippen molar-refractivity contribution in [1.82, 2.24) is 9.78 Å². The summed E-state index contributed by atoms with van der Waals surface area (Å²) >= 11 is 3.26. The number of nitrogens with one attached hydrogen (secondary N) is 2. The molecule has 0 bridgehead atoms. The maximum Gasteiger partial charge on any atom is 0.410 e. The summed E-state index contributed by atoms with van der Waals surface area (Å²) in [6.07, 6.45) is -4.70. The van der Waals surface area contributed by atoms with Crippen LogP contribution in [0.4, 0.5) is 24.7 Å². The molecular weight excluding hydrogens is 445 g/mol. The predicted octanol–water partition coefficient (Wildman–Crippen LogP) is 3.75. The van der Waals surface area contributed by atoms with Crippen LogP contribution in [0.3, 0.4) is 0 Å². The second kappa shape index (κ2) is 7.82. The number of alkyl halides is 3. The number of esters is 1. The van der Waals surface area contributed by atoms with Gasteiger partial charge in [0.15, 0.2) is 18.3 Å². The first-order chi connectivity index (χ1) is 13.1. The molecule has 28 heavy (non-hydrogen) atoms. The fourth-order valence-electron chi connectivity index (χ4n) is 2.79. The Hall–Kier alpha value is -2.56. The molecule has 1 aliphatic rings. The first-order valence-electron chi connectivity index (χ1n) is 8.29. The Labute approximate surface area is 166 Å². The van der Waals surface area contributed by atoms with Crippen LogP contribution in [0.5, 0.6) is 0 Å². The lowest BCUT2D eigenvalue weighted by Crippen LogP contribution is -2.37. The van der Waals surface area contributed by atoms with Gasteiger partial charge < -0.3 is 15.4 Å². The fraction of sp³-hybridized carbons (Fsp3) is 0.353. The molecule has 0 saturated heterocycles. The summed E-state index contributed by atoms with van der Waals surface area (Å²) in [5.74, 6) is -1.49. The van der Waals surface area contributed by atoms with E-state index in [9.17, 15) is 22.8 Å². The lowest BCUT2D eigenvalue weighted by Gasteiger charge is -2.31. The van der Waals surface area contributed by atoms with E-state index in [2.05, 4.69) is 31.7 Å². The minimum atomic E-state index is -4.50. The van der Waals surface area contributed by atoms with Crippen LogP contribution in [0, 0.1) is 0 Å². The number of rotatable bonds is 4. The Morgan fingerprint density at radius 2 is 2.04 bits per heavy atom. The molecule has 150 valence electrons. The number of amides is 1. The molecule has 0 saturated carbocycles. The monoisotopic (exact) mass is 460 g/mol.